The van der Waals surface area contributed by atoms with Crippen molar-refractivity contribution < 1.29 is 9.59 Å². The molecular weight excluding hydrogens is 528 g/mol. The first-order valence-electron chi connectivity index (χ1n) is 14.6. The van der Waals surface area contributed by atoms with Crippen molar-refractivity contribution in [2.75, 3.05) is 26.0 Å². The van der Waals surface area contributed by atoms with E-state index in [0.29, 0.717) is 11.1 Å². The lowest BCUT2D eigenvalue weighted by atomic mass is 9.89. The van der Waals surface area contributed by atoms with Crippen LogP contribution in [0.2, 0.25) is 0 Å². The number of aryl methyl sites for hydroxylation is 2. The summed E-state index contributed by atoms with van der Waals surface area (Å²) in [5.41, 5.74) is 7.27. The van der Waals surface area contributed by atoms with Crippen LogP contribution in [0.15, 0.2) is 41.3 Å². The first-order chi connectivity index (χ1) is 19.9. The van der Waals surface area contributed by atoms with Gasteiger partial charge in [-0.2, -0.15) is 0 Å². The molecular formula is C33H44N6O3. The number of amides is 2. The average Bonchev–Trinajstić information content (AvgIpc) is 2.92. The van der Waals surface area contributed by atoms with Gasteiger partial charge in [-0.25, -0.2) is 0 Å². The number of benzene rings is 1. The molecule has 0 radical (unpaired) electrons. The lowest BCUT2D eigenvalue weighted by molar-refractivity contribution is -0.119. The van der Waals surface area contributed by atoms with Crippen LogP contribution in [0.25, 0.3) is 11.1 Å². The van der Waals surface area contributed by atoms with Gasteiger partial charge in [0.25, 0.3) is 11.5 Å². The fourth-order valence-corrected chi connectivity index (χ4v) is 5.94. The van der Waals surface area contributed by atoms with Gasteiger partial charge in [-0.05, 0) is 102 Å². The summed E-state index contributed by atoms with van der Waals surface area (Å²) in [5, 5.41) is 6.05. The van der Waals surface area contributed by atoms with E-state index in [4.69, 9.17) is 0 Å². The van der Waals surface area contributed by atoms with E-state index in [1.54, 1.807) is 6.92 Å². The van der Waals surface area contributed by atoms with Crippen LogP contribution in [0.3, 0.4) is 0 Å². The Balaban J connectivity index is 1.66. The standard InChI is InChI=1S/C33H44N6O3/c1-20-14-21(2)36-33(42)30(20)18-35-32(41)29-15-25(24-8-9-27(34-17-24)19-38(5)6)16-31(22(29)3)39(7)28-12-10-26(11-13-28)37-23(4)40/h8-9,14-17,26,28H,10-13,18-19H2,1-7H3,(H,35,41)(H,36,42)(H,37,40). The number of nitrogens with one attached hydrogen (secondary N) is 3. The lowest BCUT2D eigenvalue weighted by Crippen LogP contribution is -2.42. The van der Waals surface area contributed by atoms with Crippen LogP contribution in [-0.2, 0) is 17.9 Å². The minimum absolute atomic E-state index is 0.0130. The summed E-state index contributed by atoms with van der Waals surface area (Å²) in [5.74, 6) is -0.214. The topological polar surface area (TPSA) is 110 Å². The zero-order valence-corrected chi connectivity index (χ0v) is 25.9. The molecule has 2 aromatic heterocycles. The van der Waals surface area contributed by atoms with Crippen LogP contribution >= 0.6 is 0 Å². The molecule has 3 aromatic rings. The second-order valence-corrected chi connectivity index (χ2v) is 11.9. The zero-order valence-electron chi connectivity index (χ0n) is 25.9. The van der Waals surface area contributed by atoms with Crippen LogP contribution in [-0.4, -0.2) is 59.9 Å². The number of aromatic nitrogens is 2. The fraction of sp³-hybridized carbons (Fsp3) is 0.455. The van der Waals surface area contributed by atoms with Gasteiger partial charge in [0.2, 0.25) is 5.91 Å². The van der Waals surface area contributed by atoms with Crippen LogP contribution in [0, 0.1) is 20.8 Å². The molecule has 0 bridgehead atoms. The van der Waals surface area contributed by atoms with Crippen molar-refractivity contribution in [3.63, 3.8) is 0 Å². The molecule has 1 aromatic carbocycles. The number of rotatable bonds is 9. The fourth-order valence-electron chi connectivity index (χ4n) is 5.94. The Bertz CT molecular complexity index is 1490. The van der Waals surface area contributed by atoms with Crippen LogP contribution in [0.4, 0.5) is 5.69 Å². The molecule has 9 nitrogen and oxygen atoms in total. The van der Waals surface area contributed by atoms with Crippen molar-refractivity contribution in [2.24, 2.45) is 0 Å². The van der Waals surface area contributed by atoms with Crippen molar-refractivity contribution in [1.82, 2.24) is 25.5 Å². The Morgan fingerprint density at radius 1 is 1.00 bits per heavy atom. The summed E-state index contributed by atoms with van der Waals surface area (Å²) >= 11 is 0. The van der Waals surface area contributed by atoms with E-state index >= 15 is 0 Å². The summed E-state index contributed by atoms with van der Waals surface area (Å²) in [6, 6.07) is 10.5. The summed E-state index contributed by atoms with van der Waals surface area (Å²) in [6.07, 6.45) is 5.60. The van der Waals surface area contributed by atoms with Gasteiger partial charge < -0.3 is 25.4 Å². The number of anilines is 1. The monoisotopic (exact) mass is 572 g/mol. The molecule has 224 valence electrons. The molecule has 1 aliphatic rings. The van der Waals surface area contributed by atoms with E-state index in [1.807, 2.05) is 59.3 Å². The Morgan fingerprint density at radius 3 is 2.31 bits per heavy atom. The van der Waals surface area contributed by atoms with Gasteiger partial charge in [0.1, 0.15) is 0 Å². The van der Waals surface area contributed by atoms with Gasteiger partial charge >= 0.3 is 0 Å². The summed E-state index contributed by atoms with van der Waals surface area (Å²) < 4.78 is 0. The molecule has 9 heteroatoms. The maximum Gasteiger partial charge on any atom is 0.253 e. The summed E-state index contributed by atoms with van der Waals surface area (Å²) in [6.45, 7) is 8.17. The Morgan fingerprint density at radius 2 is 1.71 bits per heavy atom. The Hall–Kier alpha value is -3.98. The molecule has 4 rings (SSSR count). The smallest absolute Gasteiger partial charge is 0.253 e. The third-order valence-electron chi connectivity index (χ3n) is 8.21. The first-order valence-corrected chi connectivity index (χ1v) is 14.6. The molecule has 42 heavy (non-hydrogen) atoms. The Kier molecular flexibility index (Phi) is 9.83. The molecule has 0 spiro atoms. The normalized spacial score (nSPS) is 16.8. The van der Waals surface area contributed by atoms with Crippen molar-refractivity contribution in [3.8, 4) is 11.1 Å². The zero-order chi connectivity index (χ0) is 30.6. The molecule has 0 atom stereocenters. The van der Waals surface area contributed by atoms with Crippen molar-refractivity contribution in [3.05, 3.63) is 80.5 Å². The average molecular weight is 573 g/mol. The highest BCUT2D eigenvalue weighted by Gasteiger charge is 2.27. The maximum atomic E-state index is 13.7. The van der Waals surface area contributed by atoms with Crippen LogP contribution in [0.1, 0.15) is 71.0 Å². The van der Waals surface area contributed by atoms with Crippen molar-refractivity contribution in [2.45, 2.75) is 78.6 Å². The van der Waals surface area contributed by atoms with Crippen LogP contribution in [0.5, 0.6) is 0 Å². The number of H-pyrrole nitrogens is 1. The molecule has 2 amide bonds. The molecule has 3 N–H and O–H groups in total. The van der Waals surface area contributed by atoms with E-state index < -0.39 is 0 Å². The third kappa shape index (κ3) is 7.45. The molecule has 0 aliphatic heterocycles. The highest BCUT2D eigenvalue weighted by Crippen LogP contribution is 2.34. The molecule has 1 fully saturated rings. The molecule has 2 heterocycles. The predicted molar refractivity (Wildman–Crippen MR) is 168 cm³/mol. The van der Waals surface area contributed by atoms with Crippen molar-refractivity contribution in [1.29, 1.82) is 0 Å². The highest BCUT2D eigenvalue weighted by molar-refractivity contribution is 5.99. The van der Waals surface area contributed by atoms with Crippen molar-refractivity contribution >= 4 is 17.5 Å². The van der Waals surface area contributed by atoms with E-state index in [-0.39, 0.29) is 36.0 Å². The lowest BCUT2D eigenvalue weighted by Gasteiger charge is -2.37. The minimum Gasteiger partial charge on any atom is -0.371 e. The third-order valence-corrected chi connectivity index (χ3v) is 8.21. The number of nitrogens with zero attached hydrogens (tertiary/aromatic N) is 3. The molecule has 1 saturated carbocycles. The SMILES string of the molecule is CC(=O)NC1CCC(N(C)c2cc(-c3ccc(CN(C)C)nc3)cc(C(=O)NCc3c(C)cc(C)[nH]c3=O)c2C)CC1. The molecule has 0 unspecified atom stereocenters. The minimum atomic E-state index is -0.227. The Labute approximate surface area is 248 Å². The number of hydrogen-bond donors (Lipinski definition) is 3. The van der Waals surface area contributed by atoms with E-state index in [0.717, 1.165) is 71.6 Å². The molecule has 0 saturated heterocycles. The second kappa shape index (κ2) is 13.3. The first kappa shape index (κ1) is 31.0. The quantitative estimate of drug-likeness (QED) is 0.354. The van der Waals surface area contributed by atoms with E-state index in [1.165, 1.54) is 0 Å². The van der Waals surface area contributed by atoms with Gasteiger partial charge in [0.05, 0.1) is 5.69 Å². The number of aromatic amines is 1. The maximum absolute atomic E-state index is 13.7. The van der Waals surface area contributed by atoms with Gasteiger partial charge in [0.15, 0.2) is 0 Å². The summed E-state index contributed by atoms with van der Waals surface area (Å²) in [4.78, 5) is 49.6. The molecule has 1 aliphatic carbocycles. The van der Waals surface area contributed by atoms with E-state index in [2.05, 4.69) is 49.6 Å². The highest BCUT2D eigenvalue weighted by atomic mass is 16.2. The number of carbonyl (C=O) groups excluding carboxylic acids is 2. The summed E-state index contributed by atoms with van der Waals surface area (Å²) in [7, 11) is 6.11. The van der Waals surface area contributed by atoms with Gasteiger partial charge in [0, 0.05) is 73.4 Å². The van der Waals surface area contributed by atoms with Gasteiger partial charge in [-0.15, -0.1) is 0 Å². The van der Waals surface area contributed by atoms with E-state index in [9.17, 15) is 14.4 Å². The number of carbonyl (C=O) groups is 2. The van der Waals surface area contributed by atoms with Crippen LogP contribution < -0.4 is 21.1 Å². The predicted octanol–water partition coefficient (Wildman–Crippen LogP) is 4.24. The second-order valence-electron chi connectivity index (χ2n) is 11.9. The number of hydrogen-bond acceptors (Lipinski definition) is 6. The van der Waals surface area contributed by atoms with Gasteiger partial charge in [-0.3, -0.25) is 19.4 Å². The van der Waals surface area contributed by atoms with Gasteiger partial charge in [-0.1, -0.05) is 6.07 Å². The largest absolute Gasteiger partial charge is 0.371 e. The number of pyridine rings is 2.